The van der Waals surface area contributed by atoms with E-state index in [-0.39, 0.29) is 24.8 Å². The maximum atomic E-state index is 8.41. The lowest BCUT2D eigenvalue weighted by Gasteiger charge is -1.96. The highest BCUT2D eigenvalue weighted by molar-refractivity contribution is 6.18. The molecule has 0 heterocycles. The van der Waals surface area contributed by atoms with Crippen molar-refractivity contribution in [2.75, 3.05) is 12.4 Å². The second kappa shape index (κ2) is 6.50. The quantitative estimate of drug-likeness (QED) is 0.537. The maximum absolute atomic E-state index is 8.41. The third-order valence-corrected chi connectivity index (χ3v) is 0.806. The van der Waals surface area contributed by atoms with Gasteiger partial charge in [0.25, 0.3) is 0 Å². The van der Waals surface area contributed by atoms with Crippen LogP contribution in [-0.4, -0.2) is 23.6 Å². The molecule has 0 fully saturated rings. The Kier molecular flexibility index (Phi) is 9.73. The summed E-state index contributed by atoms with van der Waals surface area (Å²) in [7, 11) is 0. The molecular formula is C3H9Cl2NO. The van der Waals surface area contributed by atoms with Gasteiger partial charge < -0.3 is 10.8 Å². The van der Waals surface area contributed by atoms with Gasteiger partial charge in [0, 0.05) is 12.4 Å². The molecule has 4 heteroatoms. The molecule has 0 aromatic carbocycles. The highest BCUT2D eigenvalue weighted by Gasteiger charge is 1.92. The summed E-state index contributed by atoms with van der Waals surface area (Å²) < 4.78 is 0. The van der Waals surface area contributed by atoms with Crippen molar-refractivity contribution in [3.63, 3.8) is 0 Å². The minimum Gasteiger partial charge on any atom is -0.391 e. The van der Waals surface area contributed by atoms with Gasteiger partial charge in [-0.05, 0) is 0 Å². The molecular weight excluding hydrogens is 137 g/mol. The van der Waals surface area contributed by atoms with E-state index in [0.29, 0.717) is 0 Å². The Hall–Kier alpha value is 0.500. The normalized spacial score (nSPS) is 12.4. The first-order valence-electron chi connectivity index (χ1n) is 1.75. The van der Waals surface area contributed by atoms with Crippen molar-refractivity contribution in [3.05, 3.63) is 0 Å². The molecule has 0 aromatic heterocycles. The second-order valence-corrected chi connectivity index (χ2v) is 1.35. The lowest BCUT2D eigenvalue weighted by Crippen LogP contribution is -2.20. The molecule has 0 saturated carbocycles. The van der Waals surface area contributed by atoms with Crippen molar-refractivity contribution in [1.82, 2.24) is 0 Å². The number of hydrogen-bond acceptors (Lipinski definition) is 2. The summed E-state index contributed by atoms with van der Waals surface area (Å²) in [4.78, 5) is 0. The van der Waals surface area contributed by atoms with Crippen LogP contribution in [0, 0.1) is 0 Å². The molecule has 0 aliphatic carbocycles. The summed E-state index contributed by atoms with van der Waals surface area (Å²) in [5.74, 6) is 0.233. The van der Waals surface area contributed by atoms with Crippen LogP contribution in [0.3, 0.4) is 0 Å². The number of alkyl halides is 1. The van der Waals surface area contributed by atoms with Crippen molar-refractivity contribution in [2.45, 2.75) is 6.10 Å². The van der Waals surface area contributed by atoms with Crippen molar-refractivity contribution in [1.29, 1.82) is 0 Å². The van der Waals surface area contributed by atoms with Crippen LogP contribution in [-0.2, 0) is 0 Å². The highest BCUT2D eigenvalue weighted by Crippen LogP contribution is 1.80. The Morgan fingerprint density at radius 3 is 2.14 bits per heavy atom. The van der Waals surface area contributed by atoms with E-state index < -0.39 is 6.10 Å². The van der Waals surface area contributed by atoms with Gasteiger partial charge >= 0.3 is 0 Å². The number of nitrogens with two attached hydrogens (primary N) is 1. The van der Waals surface area contributed by atoms with Crippen LogP contribution in [0.5, 0.6) is 0 Å². The zero-order chi connectivity index (χ0) is 4.99. The number of rotatable bonds is 2. The molecule has 0 amide bonds. The first-order valence-corrected chi connectivity index (χ1v) is 2.28. The molecule has 2 nitrogen and oxygen atoms in total. The number of halogens is 2. The number of aliphatic hydroxyl groups excluding tert-OH is 1. The van der Waals surface area contributed by atoms with Crippen LogP contribution in [0.2, 0.25) is 0 Å². The molecule has 0 bridgehead atoms. The van der Waals surface area contributed by atoms with E-state index in [4.69, 9.17) is 22.4 Å². The SMILES string of the molecule is Cl.NC[C@H](O)CCl. The summed E-state index contributed by atoms with van der Waals surface area (Å²) in [6.45, 7) is 0.253. The fourth-order valence-corrected chi connectivity index (χ4v) is 0.189. The summed E-state index contributed by atoms with van der Waals surface area (Å²) in [6, 6.07) is 0. The molecule has 0 saturated heterocycles. The van der Waals surface area contributed by atoms with E-state index in [9.17, 15) is 0 Å². The maximum Gasteiger partial charge on any atom is 0.0797 e. The molecule has 0 rings (SSSR count). The Balaban J connectivity index is 0. The van der Waals surface area contributed by atoms with E-state index in [1.165, 1.54) is 0 Å². The van der Waals surface area contributed by atoms with Crippen molar-refractivity contribution in [3.8, 4) is 0 Å². The fourth-order valence-electron chi connectivity index (χ4n) is 0.0630. The van der Waals surface area contributed by atoms with Crippen molar-refractivity contribution >= 4 is 24.0 Å². The van der Waals surface area contributed by atoms with Crippen LogP contribution in [0.25, 0.3) is 0 Å². The molecule has 0 aliphatic rings. The van der Waals surface area contributed by atoms with E-state index in [0.717, 1.165) is 0 Å². The average Bonchev–Trinajstić information content (AvgIpc) is 1.65. The Morgan fingerprint density at radius 2 is 2.14 bits per heavy atom. The van der Waals surface area contributed by atoms with Crippen LogP contribution in [0.4, 0.5) is 0 Å². The summed E-state index contributed by atoms with van der Waals surface area (Å²) in [6.07, 6.45) is -0.522. The van der Waals surface area contributed by atoms with Crippen LogP contribution < -0.4 is 5.73 Å². The average molecular weight is 146 g/mol. The van der Waals surface area contributed by atoms with Crippen molar-refractivity contribution in [2.24, 2.45) is 5.73 Å². The molecule has 1 atom stereocenters. The first kappa shape index (κ1) is 10.5. The van der Waals surface area contributed by atoms with E-state index in [2.05, 4.69) is 0 Å². The summed E-state index contributed by atoms with van der Waals surface area (Å²) in [5.41, 5.74) is 4.95. The monoisotopic (exact) mass is 145 g/mol. The van der Waals surface area contributed by atoms with Gasteiger partial charge in [0.05, 0.1) is 6.10 Å². The topological polar surface area (TPSA) is 46.2 Å². The van der Waals surface area contributed by atoms with E-state index in [1.54, 1.807) is 0 Å². The van der Waals surface area contributed by atoms with Crippen LogP contribution in [0.1, 0.15) is 0 Å². The summed E-state index contributed by atoms with van der Waals surface area (Å²) in [5, 5.41) is 8.41. The molecule has 0 spiro atoms. The van der Waals surface area contributed by atoms with Gasteiger partial charge in [0.1, 0.15) is 0 Å². The zero-order valence-electron chi connectivity index (χ0n) is 3.80. The van der Waals surface area contributed by atoms with Gasteiger partial charge in [0.15, 0.2) is 0 Å². The van der Waals surface area contributed by atoms with Gasteiger partial charge in [-0.25, -0.2) is 0 Å². The third-order valence-electron chi connectivity index (χ3n) is 0.450. The predicted octanol–water partition coefficient (Wildman–Crippen LogP) is -0.0334. The minimum atomic E-state index is -0.522. The van der Waals surface area contributed by atoms with Gasteiger partial charge in [-0.15, -0.1) is 24.0 Å². The number of hydrogen-bond donors (Lipinski definition) is 2. The second-order valence-electron chi connectivity index (χ2n) is 1.04. The Morgan fingerprint density at radius 1 is 1.71 bits per heavy atom. The minimum absolute atomic E-state index is 0. The Labute approximate surface area is 54.1 Å². The summed E-state index contributed by atoms with van der Waals surface area (Å²) >= 11 is 5.12. The van der Waals surface area contributed by atoms with Crippen LogP contribution >= 0.6 is 24.0 Å². The standard InChI is InChI=1S/C3H8ClNO.ClH/c4-1-3(6)2-5;/h3,6H,1-2,5H2;1H/t3-;/m1./s1. The lowest BCUT2D eigenvalue weighted by molar-refractivity contribution is 0.206. The van der Waals surface area contributed by atoms with Gasteiger partial charge in [0.2, 0.25) is 0 Å². The van der Waals surface area contributed by atoms with Gasteiger partial charge in [-0.3, -0.25) is 0 Å². The van der Waals surface area contributed by atoms with Gasteiger partial charge in [-0.2, -0.15) is 0 Å². The predicted molar refractivity (Wildman–Crippen MR) is 33.0 cm³/mol. The Bertz CT molecular complexity index is 32.1. The molecule has 7 heavy (non-hydrogen) atoms. The third kappa shape index (κ3) is 6.50. The molecule has 0 aromatic rings. The molecule has 0 aliphatic heterocycles. The van der Waals surface area contributed by atoms with Crippen molar-refractivity contribution < 1.29 is 5.11 Å². The lowest BCUT2D eigenvalue weighted by atomic mass is 10.4. The fraction of sp³-hybridized carbons (Fsp3) is 1.00. The zero-order valence-corrected chi connectivity index (χ0v) is 5.37. The van der Waals surface area contributed by atoms with Crippen LogP contribution in [0.15, 0.2) is 0 Å². The first-order chi connectivity index (χ1) is 2.81. The van der Waals surface area contributed by atoms with Gasteiger partial charge in [-0.1, -0.05) is 0 Å². The van der Waals surface area contributed by atoms with E-state index in [1.807, 2.05) is 0 Å². The largest absolute Gasteiger partial charge is 0.391 e. The number of aliphatic hydroxyl groups is 1. The smallest absolute Gasteiger partial charge is 0.0797 e. The van der Waals surface area contributed by atoms with E-state index >= 15 is 0 Å². The molecule has 46 valence electrons. The highest BCUT2D eigenvalue weighted by atomic mass is 35.5. The molecule has 0 unspecified atom stereocenters. The molecule has 3 N–H and O–H groups in total. The molecule has 0 radical (unpaired) electrons.